The lowest BCUT2D eigenvalue weighted by Crippen LogP contribution is -2.41. The van der Waals surface area contributed by atoms with E-state index in [2.05, 4.69) is 38.1 Å². The number of hydrogen-bond acceptors (Lipinski definition) is 3. The predicted molar refractivity (Wildman–Crippen MR) is 72.1 cm³/mol. The Hall–Kier alpha value is -0.870. The summed E-state index contributed by atoms with van der Waals surface area (Å²) in [5.74, 6) is 0.580. The van der Waals surface area contributed by atoms with E-state index in [1.807, 2.05) is 11.7 Å². The van der Waals surface area contributed by atoms with E-state index in [0.29, 0.717) is 18.5 Å². The summed E-state index contributed by atoms with van der Waals surface area (Å²) in [6.45, 7) is 10.3. The van der Waals surface area contributed by atoms with E-state index < -0.39 is 0 Å². The standard InChI is InChI=1S/C13H26N4/c1-9(2)13(8-14)15-7-6-12-10(3)16-17(5)11(12)4/h9,13,15H,6-8,14H2,1-5H3. The Morgan fingerprint density at radius 1 is 1.35 bits per heavy atom. The van der Waals surface area contributed by atoms with Crippen LogP contribution in [-0.2, 0) is 13.5 Å². The zero-order chi connectivity index (χ0) is 13.0. The van der Waals surface area contributed by atoms with Gasteiger partial charge in [0.15, 0.2) is 0 Å². The minimum Gasteiger partial charge on any atom is -0.329 e. The molecule has 0 bridgehead atoms. The summed E-state index contributed by atoms with van der Waals surface area (Å²) in [5, 5.41) is 7.95. The summed E-state index contributed by atoms with van der Waals surface area (Å²) < 4.78 is 1.95. The Labute approximate surface area is 105 Å². The number of aromatic nitrogens is 2. The zero-order valence-electron chi connectivity index (χ0n) is 11.7. The average Bonchev–Trinajstić information content (AvgIpc) is 2.49. The third kappa shape index (κ3) is 3.54. The third-order valence-corrected chi connectivity index (χ3v) is 3.50. The maximum Gasteiger partial charge on any atom is 0.0628 e. The van der Waals surface area contributed by atoms with Crippen LogP contribution in [0.3, 0.4) is 0 Å². The van der Waals surface area contributed by atoms with Crippen LogP contribution in [0.5, 0.6) is 0 Å². The molecule has 1 rings (SSSR count). The Balaban J connectivity index is 2.51. The van der Waals surface area contributed by atoms with Crippen molar-refractivity contribution in [2.24, 2.45) is 18.7 Å². The largest absolute Gasteiger partial charge is 0.329 e. The maximum absolute atomic E-state index is 5.74. The molecular formula is C13H26N4. The molecule has 3 N–H and O–H groups in total. The predicted octanol–water partition coefficient (Wildman–Crippen LogP) is 1.15. The van der Waals surface area contributed by atoms with Crippen molar-refractivity contribution in [1.82, 2.24) is 15.1 Å². The second-order valence-corrected chi connectivity index (χ2v) is 5.06. The molecule has 0 saturated carbocycles. The highest BCUT2D eigenvalue weighted by Gasteiger charge is 2.12. The Morgan fingerprint density at radius 2 is 2.00 bits per heavy atom. The molecule has 17 heavy (non-hydrogen) atoms. The summed E-state index contributed by atoms with van der Waals surface area (Å²) in [6.07, 6.45) is 1.02. The lowest BCUT2D eigenvalue weighted by Gasteiger charge is -2.20. The van der Waals surface area contributed by atoms with Crippen molar-refractivity contribution >= 4 is 0 Å². The van der Waals surface area contributed by atoms with Crippen molar-refractivity contribution in [2.45, 2.75) is 40.2 Å². The zero-order valence-corrected chi connectivity index (χ0v) is 11.7. The van der Waals surface area contributed by atoms with Crippen LogP contribution in [0.4, 0.5) is 0 Å². The van der Waals surface area contributed by atoms with E-state index in [1.54, 1.807) is 0 Å². The molecule has 0 fully saturated rings. The summed E-state index contributed by atoms with van der Waals surface area (Å²) in [4.78, 5) is 0. The minimum absolute atomic E-state index is 0.410. The molecule has 0 spiro atoms. The number of nitrogens with one attached hydrogen (secondary N) is 1. The number of aryl methyl sites for hydroxylation is 2. The van der Waals surface area contributed by atoms with Crippen LogP contribution in [0.1, 0.15) is 30.8 Å². The van der Waals surface area contributed by atoms with Crippen molar-refractivity contribution in [1.29, 1.82) is 0 Å². The average molecular weight is 238 g/mol. The molecule has 0 saturated heterocycles. The smallest absolute Gasteiger partial charge is 0.0628 e. The first-order valence-electron chi connectivity index (χ1n) is 6.39. The first-order chi connectivity index (χ1) is 7.97. The quantitative estimate of drug-likeness (QED) is 0.782. The molecule has 98 valence electrons. The molecule has 4 heteroatoms. The summed E-state index contributed by atoms with van der Waals surface area (Å²) >= 11 is 0. The van der Waals surface area contributed by atoms with Crippen LogP contribution >= 0.6 is 0 Å². The van der Waals surface area contributed by atoms with Crippen molar-refractivity contribution < 1.29 is 0 Å². The van der Waals surface area contributed by atoms with Crippen molar-refractivity contribution in [3.05, 3.63) is 17.0 Å². The third-order valence-electron chi connectivity index (χ3n) is 3.50. The molecule has 1 atom stereocenters. The lowest BCUT2D eigenvalue weighted by molar-refractivity contribution is 0.408. The first-order valence-corrected chi connectivity index (χ1v) is 6.39. The summed E-state index contributed by atoms with van der Waals surface area (Å²) in [7, 11) is 2.00. The highest BCUT2D eigenvalue weighted by molar-refractivity contribution is 5.24. The highest BCUT2D eigenvalue weighted by atomic mass is 15.3. The molecule has 0 aliphatic carbocycles. The molecule has 4 nitrogen and oxygen atoms in total. The number of rotatable bonds is 6. The highest BCUT2D eigenvalue weighted by Crippen LogP contribution is 2.12. The van der Waals surface area contributed by atoms with Crippen LogP contribution in [0, 0.1) is 19.8 Å². The molecule has 1 heterocycles. The van der Waals surface area contributed by atoms with Gasteiger partial charge in [0.2, 0.25) is 0 Å². The fraction of sp³-hybridized carbons (Fsp3) is 0.769. The van der Waals surface area contributed by atoms with Crippen LogP contribution in [-0.4, -0.2) is 28.9 Å². The summed E-state index contributed by atoms with van der Waals surface area (Å²) in [6, 6.07) is 0.410. The number of hydrogen-bond donors (Lipinski definition) is 2. The van der Waals surface area contributed by atoms with Crippen molar-refractivity contribution in [2.75, 3.05) is 13.1 Å². The van der Waals surface area contributed by atoms with E-state index in [0.717, 1.165) is 18.7 Å². The van der Waals surface area contributed by atoms with Crippen LogP contribution < -0.4 is 11.1 Å². The molecular weight excluding hydrogens is 212 g/mol. The van der Waals surface area contributed by atoms with Crippen LogP contribution in [0.25, 0.3) is 0 Å². The SMILES string of the molecule is Cc1nn(C)c(C)c1CCNC(CN)C(C)C. The Bertz CT molecular complexity index is 355. The molecule has 0 aliphatic heterocycles. The second-order valence-electron chi connectivity index (χ2n) is 5.06. The van der Waals surface area contributed by atoms with E-state index >= 15 is 0 Å². The summed E-state index contributed by atoms with van der Waals surface area (Å²) in [5.41, 5.74) is 9.50. The van der Waals surface area contributed by atoms with Gasteiger partial charge in [0.1, 0.15) is 0 Å². The van der Waals surface area contributed by atoms with Gasteiger partial charge in [-0.2, -0.15) is 5.10 Å². The van der Waals surface area contributed by atoms with E-state index in [-0.39, 0.29) is 0 Å². The molecule has 0 radical (unpaired) electrons. The van der Waals surface area contributed by atoms with Gasteiger partial charge >= 0.3 is 0 Å². The minimum atomic E-state index is 0.410. The molecule has 1 unspecified atom stereocenters. The van der Waals surface area contributed by atoms with E-state index in [9.17, 15) is 0 Å². The maximum atomic E-state index is 5.74. The van der Waals surface area contributed by atoms with Crippen LogP contribution in [0.2, 0.25) is 0 Å². The molecule has 0 aromatic carbocycles. The lowest BCUT2D eigenvalue weighted by atomic mass is 10.0. The Kier molecular flexibility index (Phi) is 5.15. The van der Waals surface area contributed by atoms with Crippen molar-refractivity contribution in [3.63, 3.8) is 0 Å². The van der Waals surface area contributed by atoms with E-state index in [1.165, 1.54) is 11.3 Å². The first kappa shape index (κ1) is 14.2. The number of nitrogens with two attached hydrogens (primary N) is 1. The second kappa shape index (κ2) is 6.17. The van der Waals surface area contributed by atoms with Gasteiger partial charge in [-0.25, -0.2) is 0 Å². The van der Waals surface area contributed by atoms with Gasteiger partial charge in [0, 0.05) is 25.3 Å². The van der Waals surface area contributed by atoms with Gasteiger partial charge in [0.05, 0.1) is 5.69 Å². The van der Waals surface area contributed by atoms with Gasteiger partial charge in [0.25, 0.3) is 0 Å². The molecule has 1 aromatic heterocycles. The number of nitrogens with zero attached hydrogens (tertiary/aromatic N) is 2. The van der Waals surface area contributed by atoms with Gasteiger partial charge < -0.3 is 11.1 Å². The monoisotopic (exact) mass is 238 g/mol. The Morgan fingerprint density at radius 3 is 2.41 bits per heavy atom. The van der Waals surface area contributed by atoms with Gasteiger partial charge in [-0.05, 0) is 38.3 Å². The van der Waals surface area contributed by atoms with Gasteiger partial charge in [-0.1, -0.05) is 13.8 Å². The molecule has 0 amide bonds. The molecule has 0 aliphatic rings. The fourth-order valence-corrected chi connectivity index (χ4v) is 2.15. The molecule has 1 aromatic rings. The van der Waals surface area contributed by atoms with Gasteiger partial charge in [-0.15, -0.1) is 0 Å². The van der Waals surface area contributed by atoms with Crippen molar-refractivity contribution in [3.8, 4) is 0 Å². The van der Waals surface area contributed by atoms with Crippen LogP contribution in [0.15, 0.2) is 0 Å². The van der Waals surface area contributed by atoms with Gasteiger partial charge in [-0.3, -0.25) is 4.68 Å². The van der Waals surface area contributed by atoms with E-state index in [4.69, 9.17) is 5.73 Å². The normalized spacial score (nSPS) is 13.4. The topological polar surface area (TPSA) is 55.9 Å². The fourth-order valence-electron chi connectivity index (χ4n) is 2.15.